The van der Waals surface area contributed by atoms with Crippen LogP contribution in [0.2, 0.25) is 0 Å². The van der Waals surface area contributed by atoms with Crippen molar-refractivity contribution in [3.05, 3.63) is 30.3 Å². The maximum Gasteiger partial charge on any atom is 0.410 e. The number of likely N-dealkylation sites (tertiary alicyclic amines) is 1. The summed E-state index contributed by atoms with van der Waals surface area (Å²) in [5, 5.41) is 0. The van der Waals surface area contributed by atoms with Gasteiger partial charge >= 0.3 is 6.09 Å². The van der Waals surface area contributed by atoms with E-state index in [4.69, 9.17) is 4.74 Å². The van der Waals surface area contributed by atoms with Crippen molar-refractivity contribution in [2.24, 2.45) is 5.41 Å². The lowest BCUT2D eigenvalue weighted by molar-refractivity contribution is -0.138. The Labute approximate surface area is 154 Å². The Morgan fingerprint density at radius 2 is 1.69 bits per heavy atom. The summed E-state index contributed by atoms with van der Waals surface area (Å²) in [5.74, 6) is -0.202. The van der Waals surface area contributed by atoms with Crippen LogP contribution in [0.3, 0.4) is 0 Å². The van der Waals surface area contributed by atoms with Gasteiger partial charge in [-0.2, -0.15) is 0 Å². The zero-order valence-electron chi connectivity index (χ0n) is 15.7. The van der Waals surface area contributed by atoms with Crippen molar-refractivity contribution in [3.8, 4) is 0 Å². The molecule has 2 heterocycles. The highest BCUT2D eigenvalue weighted by Gasteiger charge is 2.53. The Hall–Kier alpha value is -2.37. The van der Waals surface area contributed by atoms with Gasteiger partial charge in [0, 0.05) is 31.7 Å². The summed E-state index contributed by atoms with van der Waals surface area (Å²) in [4.78, 5) is 41.6. The van der Waals surface area contributed by atoms with Gasteiger partial charge in [0.25, 0.3) is 0 Å². The van der Waals surface area contributed by atoms with Crippen molar-refractivity contribution in [1.82, 2.24) is 4.90 Å². The molecule has 6 heteroatoms. The fourth-order valence-corrected chi connectivity index (χ4v) is 3.68. The molecule has 0 bridgehead atoms. The lowest BCUT2D eigenvalue weighted by Crippen LogP contribution is -2.41. The standard InChI is InChI=1S/C20H26N2O4/c1-19(2,3)26-18(25)21-12-9-16(23)20(10-13-21)11-14-22(17(20)24)15-7-5-4-6-8-15/h4-8H,9-14H2,1-3H3. The van der Waals surface area contributed by atoms with Crippen LogP contribution in [0.15, 0.2) is 30.3 Å². The highest BCUT2D eigenvalue weighted by molar-refractivity contribution is 6.14. The van der Waals surface area contributed by atoms with Gasteiger partial charge in [0.1, 0.15) is 16.8 Å². The summed E-state index contributed by atoms with van der Waals surface area (Å²) >= 11 is 0. The predicted octanol–water partition coefficient (Wildman–Crippen LogP) is 3.01. The summed E-state index contributed by atoms with van der Waals surface area (Å²) < 4.78 is 5.42. The van der Waals surface area contributed by atoms with E-state index in [1.54, 1.807) is 9.80 Å². The number of hydrogen-bond acceptors (Lipinski definition) is 4. The smallest absolute Gasteiger partial charge is 0.410 e. The number of ether oxygens (including phenoxy) is 1. The third-order valence-electron chi connectivity index (χ3n) is 5.09. The Balaban J connectivity index is 1.76. The number of anilines is 1. The Bertz CT molecular complexity index is 710. The molecule has 1 atom stereocenters. The van der Waals surface area contributed by atoms with Crippen LogP contribution in [0.25, 0.3) is 0 Å². The van der Waals surface area contributed by atoms with Gasteiger partial charge in [0.2, 0.25) is 5.91 Å². The van der Waals surface area contributed by atoms with Crippen molar-refractivity contribution in [1.29, 1.82) is 0 Å². The SMILES string of the molecule is CC(C)(C)OC(=O)N1CCC(=O)C2(CC1)CCN(c1ccccc1)C2=O. The number of amides is 2. The number of benzene rings is 1. The first-order valence-corrected chi connectivity index (χ1v) is 9.11. The summed E-state index contributed by atoms with van der Waals surface area (Å²) in [6.45, 7) is 6.62. The van der Waals surface area contributed by atoms with Gasteiger partial charge in [-0.05, 0) is 45.7 Å². The maximum absolute atomic E-state index is 13.1. The molecule has 2 amide bonds. The number of ketones is 1. The third kappa shape index (κ3) is 3.45. The van der Waals surface area contributed by atoms with Crippen LogP contribution in [0.4, 0.5) is 10.5 Å². The average molecular weight is 358 g/mol. The van der Waals surface area contributed by atoms with Crippen molar-refractivity contribution in [3.63, 3.8) is 0 Å². The second-order valence-electron chi connectivity index (χ2n) is 8.02. The molecule has 2 fully saturated rings. The van der Waals surface area contributed by atoms with Gasteiger partial charge in [-0.15, -0.1) is 0 Å². The van der Waals surface area contributed by atoms with E-state index in [2.05, 4.69) is 0 Å². The molecule has 1 unspecified atom stereocenters. The van der Waals surface area contributed by atoms with Crippen molar-refractivity contribution >= 4 is 23.5 Å². The van der Waals surface area contributed by atoms with Crippen LogP contribution >= 0.6 is 0 Å². The summed E-state index contributed by atoms with van der Waals surface area (Å²) in [6.07, 6.45) is 0.621. The molecule has 140 valence electrons. The summed E-state index contributed by atoms with van der Waals surface area (Å²) in [6, 6.07) is 9.42. The minimum absolute atomic E-state index is 0.0630. The first kappa shape index (κ1) is 18.4. The molecule has 3 rings (SSSR count). The molecular weight excluding hydrogens is 332 g/mol. The zero-order chi connectivity index (χ0) is 18.9. The van der Waals surface area contributed by atoms with Crippen LogP contribution in [0.5, 0.6) is 0 Å². The average Bonchev–Trinajstić information content (AvgIpc) is 2.81. The van der Waals surface area contributed by atoms with E-state index in [0.29, 0.717) is 32.5 Å². The molecule has 0 saturated carbocycles. The van der Waals surface area contributed by atoms with Crippen LogP contribution in [-0.4, -0.2) is 47.9 Å². The highest BCUT2D eigenvalue weighted by Crippen LogP contribution is 2.41. The molecule has 1 aromatic carbocycles. The van der Waals surface area contributed by atoms with E-state index in [9.17, 15) is 14.4 Å². The second-order valence-corrected chi connectivity index (χ2v) is 8.02. The van der Waals surface area contributed by atoms with Crippen LogP contribution in [0.1, 0.15) is 40.0 Å². The number of Topliss-reactive ketones (excluding diaryl/α,β-unsaturated/α-hetero) is 1. The number of hydrogen-bond donors (Lipinski definition) is 0. The van der Waals surface area contributed by atoms with E-state index in [-0.39, 0.29) is 18.1 Å². The van der Waals surface area contributed by atoms with Gasteiger partial charge in [0.05, 0.1) is 0 Å². The first-order chi connectivity index (χ1) is 12.2. The van der Waals surface area contributed by atoms with Crippen molar-refractivity contribution in [2.45, 2.75) is 45.6 Å². The molecule has 1 spiro atoms. The largest absolute Gasteiger partial charge is 0.444 e. The van der Waals surface area contributed by atoms with E-state index >= 15 is 0 Å². The van der Waals surface area contributed by atoms with Gasteiger partial charge in [-0.1, -0.05) is 18.2 Å². The third-order valence-corrected chi connectivity index (χ3v) is 5.09. The molecule has 0 aromatic heterocycles. The monoisotopic (exact) mass is 358 g/mol. The molecule has 2 aliphatic rings. The van der Waals surface area contributed by atoms with Crippen LogP contribution in [-0.2, 0) is 14.3 Å². The van der Waals surface area contributed by atoms with E-state index < -0.39 is 17.1 Å². The minimum atomic E-state index is -1.01. The topological polar surface area (TPSA) is 66.9 Å². The van der Waals surface area contributed by atoms with Crippen molar-refractivity contribution in [2.75, 3.05) is 24.5 Å². The van der Waals surface area contributed by atoms with Gasteiger partial charge < -0.3 is 14.5 Å². The molecule has 6 nitrogen and oxygen atoms in total. The number of carbonyl (C=O) groups excluding carboxylic acids is 3. The molecule has 26 heavy (non-hydrogen) atoms. The fourth-order valence-electron chi connectivity index (χ4n) is 3.68. The summed E-state index contributed by atoms with van der Waals surface area (Å²) in [5.41, 5.74) is -0.777. The van der Waals surface area contributed by atoms with E-state index in [1.807, 2.05) is 51.1 Å². The van der Waals surface area contributed by atoms with Gasteiger partial charge in [-0.3, -0.25) is 9.59 Å². The van der Waals surface area contributed by atoms with Gasteiger partial charge in [-0.25, -0.2) is 4.79 Å². The minimum Gasteiger partial charge on any atom is -0.444 e. The molecule has 0 radical (unpaired) electrons. The van der Waals surface area contributed by atoms with E-state index in [0.717, 1.165) is 5.69 Å². The van der Waals surface area contributed by atoms with Crippen LogP contribution in [0, 0.1) is 5.41 Å². The number of carbonyl (C=O) groups is 3. The van der Waals surface area contributed by atoms with Crippen LogP contribution < -0.4 is 4.90 Å². The first-order valence-electron chi connectivity index (χ1n) is 9.11. The zero-order valence-corrected chi connectivity index (χ0v) is 15.7. The fraction of sp³-hybridized carbons (Fsp3) is 0.550. The number of para-hydroxylation sites is 1. The lowest BCUT2D eigenvalue weighted by Gasteiger charge is -2.27. The molecule has 2 aliphatic heterocycles. The molecule has 2 saturated heterocycles. The number of rotatable bonds is 1. The normalized spacial score (nSPS) is 24.1. The Morgan fingerprint density at radius 1 is 1.04 bits per heavy atom. The van der Waals surface area contributed by atoms with Gasteiger partial charge in [0.15, 0.2) is 0 Å². The van der Waals surface area contributed by atoms with Crippen molar-refractivity contribution < 1.29 is 19.1 Å². The molecule has 0 N–H and O–H groups in total. The second kappa shape index (κ2) is 6.74. The maximum atomic E-state index is 13.1. The number of nitrogens with zero attached hydrogens (tertiary/aromatic N) is 2. The Morgan fingerprint density at radius 3 is 2.35 bits per heavy atom. The predicted molar refractivity (Wildman–Crippen MR) is 97.9 cm³/mol. The lowest BCUT2D eigenvalue weighted by atomic mass is 9.78. The molecular formula is C20H26N2O4. The quantitative estimate of drug-likeness (QED) is 0.724. The van der Waals surface area contributed by atoms with E-state index in [1.165, 1.54) is 0 Å². The molecule has 0 aliphatic carbocycles. The molecule has 1 aromatic rings. The Kier molecular flexibility index (Phi) is 4.78. The highest BCUT2D eigenvalue weighted by atomic mass is 16.6. The summed E-state index contributed by atoms with van der Waals surface area (Å²) in [7, 11) is 0.